The molecule has 1 aliphatic rings. The topological polar surface area (TPSA) is 56.4 Å². The summed E-state index contributed by atoms with van der Waals surface area (Å²) in [6.07, 6.45) is 4.60. The number of pyridine rings is 1. The van der Waals surface area contributed by atoms with E-state index < -0.39 is 0 Å². The minimum atomic E-state index is 0.0674. The molecule has 0 spiro atoms. The van der Waals surface area contributed by atoms with Crippen molar-refractivity contribution in [1.82, 2.24) is 9.88 Å². The molecule has 0 saturated carbocycles. The van der Waals surface area contributed by atoms with Crippen LogP contribution in [-0.4, -0.2) is 24.3 Å². The average Bonchev–Trinajstić information content (AvgIpc) is 3.05. The van der Waals surface area contributed by atoms with Crippen molar-refractivity contribution in [3.05, 3.63) is 57.9 Å². The lowest BCUT2D eigenvalue weighted by molar-refractivity contribution is 0.184. The third kappa shape index (κ3) is 3.31. The number of furan rings is 1. The van der Waals surface area contributed by atoms with Gasteiger partial charge in [0.2, 0.25) is 0 Å². The second-order valence-electron chi connectivity index (χ2n) is 5.69. The molecular formula is C17H22N2O3. The lowest BCUT2D eigenvalue weighted by atomic mass is 9.91. The van der Waals surface area contributed by atoms with Crippen LogP contribution < -0.4 is 10.9 Å². The maximum atomic E-state index is 12.0. The van der Waals surface area contributed by atoms with Crippen LogP contribution in [0.4, 0.5) is 0 Å². The number of nitrogens with zero attached hydrogens (tertiary/aromatic N) is 1. The van der Waals surface area contributed by atoms with Gasteiger partial charge in [0.05, 0.1) is 19.4 Å². The summed E-state index contributed by atoms with van der Waals surface area (Å²) >= 11 is 0. The van der Waals surface area contributed by atoms with Gasteiger partial charge < -0.3 is 19.0 Å². The monoisotopic (exact) mass is 302 g/mol. The first-order chi connectivity index (χ1) is 10.8. The van der Waals surface area contributed by atoms with Crippen LogP contribution in [0.2, 0.25) is 0 Å². The third-order valence-corrected chi connectivity index (χ3v) is 4.25. The second-order valence-corrected chi connectivity index (χ2v) is 5.69. The molecule has 0 amide bonds. The fourth-order valence-corrected chi connectivity index (χ4v) is 3.08. The Labute approximate surface area is 129 Å². The molecule has 0 aromatic carbocycles. The Morgan fingerprint density at radius 2 is 2.32 bits per heavy atom. The molecule has 3 rings (SSSR count). The van der Waals surface area contributed by atoms with Crippen LogP contribution in [0.25, 0.3) is 0 Å². The van der Waals surface area contributed by atoms with Crippen LogP contribution >= 0.6 is 0 Å². The molecule has 5 nitrogen and oxygen atoms in total. The number of fused-ring (bicyclic) bond motifs is 1. The first kappa shape index (κ1) is 15.1. The predicted molar refractivity (Wildman–Crippen MR) is 83.9 cm³/mol. The van der Waals surface area contributed by atoms with Crippen LogP contribution in [-0.2, 0) is 30.7 Å². The number of methoxy groups -OCH3 is 1. The number of ether oxygens (including phenoxy) is 1. The van der Waals surface area contributed by atoms with Gasteiger partial charge in [-0.25, -0.2) is 0 Å². The molecule has 1 N–H and O–H groups in total. The van der Waals surface area contributed by atoms with Gasteiger partial charge in [0.25, 0.3) is 5.56 Å². The summed E-state index contributed by atoms with van der Waals surface area (Å²) in [4.78, 5) is 12.0. The minimum absolute atomic E-state index is 0.0674. The molecule has 2 aromatic rings. The van der Waals surface area contributed by atoms with Crippen molar-refractivity contribution in [1.29, 1.82) is 0 Å². The average molecular weight is 302 g/mol. The van der Waals surface area contributed by atoms with E-state index in [0.29, 0.717) is 19.2 Å². The minimum Gasteiger partial charge on any atom is -0.468 e. The van der Waals surface area contributed by atoms with Gasteiger partial charge in [-0.1, -0.05) is 6.07 Å². The number of hydrogen-bond acceptors (Lipinski definition) is 4. The summed E-state index contributed by atoms with van der Waals surface area (Å²) in [6, 6.07) is 7.95. The molecule has 0 saturated heterocycles. The Balaban J connectivity index is 1.69. The predicted octanol–water partition coefficient (Wildman–Crippen LogP) is 1.73. The summed E-state index contributed by atoms with van der Waals surface area (Å²) in [5.74, 6) is 0.955. The van der Waals surface area contributed by atoms with Gasteiger partial charge in [-0.15, -0.1) is 0 Å². The highest BCUT2D eigenvalue weighted by Gasteiger charge is 2.21. The molecule has 0 radical (unpaired) electrons. The van der Waals surface area contributed by atoms with Crippen molar-refractivity contribution in [3.8, 4) is 0 Å². The van der Waals surface area contributed by atoms with E-state index in [1.807, 2.05) is 22.8 Å². The molecule has 1 aliphatic carbocycles. The van der Waals surface area contributed by atoms with Gasteiger partial charge in [0, 0.05) is 31.5 Å². The largest absolute Gasteiger partial charge is 0.468 e. The molecule has 1 atom stereocenters. The lowest BCUT2D eigenvalue weighted by Crippen LogP contribution is -2.37. The first-order valence-electron chi connectivity index (χ1n) is 7.74. The zero-order valence-corrected chi connectivity index (χ0v) is 12.9. The number of hydrogen-bond donors (Lipinski definition) is 1. The quantitative estimate of drug-likeness (QED) is 0.883. The van der Waals surface area contributed by atoms with Crippen molar-refractivity contribution in [2.75, 3.05) is 13.7 Å². The van der Waals surface area contributed by atoms with E-state index in [1.54, 1.807) is 19.4 Å². The van der Waals surface area contributed by atoms with E-state index >= 15 is 0 Å². The summed E-state index contributed by atoms with van der Waals surface area (Å²) in [5, 5.41) is 3.54. The van der Waals surface area contributed by atoms with Crippen LogP contribution in [0.5, 0.6) is 0 Å². The van der Waals surface area contributed by atoms with Crippen molar-refractivity contribution in [2.45, 2.75) is 38.4 Å². The van der Waals surface area contributed by atoms with E-state index in [0.717, 1.165) is 31.6 Å². The molecule has 0 unspecified atom stereocenters. The van der Waals surface area contributed by atoms with Crippen LogP contribution in [0, 0.1) is 0 Å². The number of aromatic nitrogens is 1. The smallest absolute Gasteiger partial charge is 0.250 e. The summed E-state index contributed by atoms with van der Waals surface area (Å²) in [6.45, 7) is 1.94. The van der Waals surface area contributed by atoms with Crippen molar-refractivity contribution in [2.24, 2.45) is 0 Å². The Morgan fingerprint density at radius 3 is 3.09 bits per heavy atom. The van der Waals surface area contributed by atoms with Gasteiger partial charge in [0.15, 0.2) is 0 Å². The summed E-state index contributed by atoms with van der Waals surface area (Å²) in [7, 11) is 1.66. The Hall–Kier alpha value is -1.85. The highest BCUT2D eigenvalue weighted by molar-refractivity contribution is 5.25. The van der Waals surface area contributed by atoms with Crippen molar-refractivity contribution in [3.63, 3.8) is 0 Å². The maximum Gasteiger partial charge on any atom is 0.250 e. The number of nitrogens with one attached hydrogen (secondary N) is 1. The molecule has 5 heteroatoms. The highest BCUT2D eigenvalue weighted by Crippen LogP contribution is 2.20. The normalized spacial score (nSPS) is 17.4. The molecule has 22 heavy (non-hydrogen) atoms. The molecule has 0 fully saturated rings. The Kier molecular flexibility index (Phi) is 4.75. The zero-order valence-electron chi connectivity index (χ0n) is 12.9. The first-order valence-corrected chi connectivity index (χ1v) is 7.74. The van der Waals surface area contributed by atoms with Gasteiger partial charge in [-0.3, -0.25) is 4.79 Å². The summed E-state index contributed by atoms with van der Waals surface area (Å²) in [5.41, 5.74) is 2.50. The van der Waals surface area contributed by atoms with E-state index in [2.05, 4.69) is 5.32 Å². The van der Waals surface area contributed by atoms with E-state index in [-0.39, 0.29) is 5.56 Å². The van der Waals surface area contributed by atoms with Crippen LogP contribution in [0.1, 0.15) is 23.4 Å². The number of rotatable bonds is 6. The highest BCUT2D eigenvalue weighted by atomic mass is 16.5. The molecule has 0 aliphatic heterocycles. The molecule has 2 heterocycles. The van der Waals surface area contributed by atoms with Crippen molar-refractivity contribution >= 4 is 0 Å². The zero-order chi connectivity index (χ0) is 15.4. The second kappa shape index (κ2) is 6.94. The van der Waals surface area contributed by atoms with Crippen LogP contribution in [0.3, 0.4) is 0 Å². The molecule has 2 aromatic heterocycles. The van der Waals surface area contributed by atoms with E-state index in [4.69, 9.17) is 9.15 Å². The van der Waals surface area contributed by atoms with Crippen LogP contribution in [0.15, 0.2) is 39.7 Å². The molecule has 0 bridgehead atoms. The SMILES string of the molecule is COCCn1c2c(ccc1=O)C[C@@H](NCc1ccco1)CC2. The van der Waals surface area contributed by atoms with Crippen molar-refractivity contribution < 1.29 is 9.15 Å². The fourth-order valence-electron chi connectivity index (χ4n) is 3.08. The third-order valence-electron chi connectivity index (χ3n) is 4.25. The fraction of sp³-hybridized carbons (Fsp3) is 0.471. The lowest BCUT2D eigenvalue weighted by Gasteiger charge is -2.27. The Morgan fingerprint density at radius 1 is 1.41 bits per heavy atom. The summed E-state index contributed by atoms with van der Waals surface area (Å²) < 4.78 is 12.3. The van der Waals surface area contributed by atoms with Gasteiger partial charge in [-0.05, 0) is 37.0 Å². The molecule has 118 valence electrons. The maximum absolute atomic E-state index is 12.0. The van der Waals surface area contributed by atoms with E-state index in [1.165, 1.54) is 11.3 Å². The van der Waals surface area contributed by atoms with Gasteiger partial charge in [0.1, 0.15) is 5.76 Å². The molecular weight excluding hydrogens is 280 g/mol. The standard InChI is InChI=1S/C17H22N2O3/c1-21-10-8-19-16-6-5-14(11-13(16)4-7-17(19)20)18-12-15-3-2-9-22-15/h2-4,7,9,14,18H,5-6,8,10-12H2,1H3/t14-/m0/s1. The van der Waals surface area contributed by atoms with Gasteiger partial charge >= 0.3 is 0 Å². The van der Waals surface area contributed by atoms with Gasteiger partial charge in [-0.2, -0.15) is 0 Å². The van der Waals surface area contributed by atoms with E-state index in [9.17, 15) is 4.79 Å². The Bertz CT molecular complexity index is 661.